The Bertz CT molecular complexity index is 326. The third-order valence-electron chi connectivity index (χ3n) is 2.04. The molecule has 62 valence electrons. The normalized spacial score (nSPS) is 18.0. The fraction of sp³-hybridized carbons (Fsp3) is 0.200. The molecule has 0 spiro atoms. The third-order valence-corrected chi connectivity index (χ3v) is 2.04. The summed E-state index contributed by atoms with van der Waals surface area (Å²) in [5.41, 5.74) is 1.45. The Labute approximate surface area is 71.3 Å². The van der Waals surface area contributed by atoms with Gasteiger partial charge in [-0.05, 0) is 19.9 Å². The maximum atomic E-state index is 11.4. The number of hydrogen-bond donors (Lipinski definition) is 0. The highest BCUT2D eigenvalue weighted by molar-refractivity contribution is 6.23. The molecule has 0 aliphatic heterocycles. The Hall–Kier alpha value is -1.44. The molecule has 0 radical (unpaired) electrons. The fourth-order valence-corrected chi connectivity index (χ4v) is 1.04. The van der Waals surface area contributed by atoms with E-state index in [2.05, 4.69) is 6.58 Å². The number of ketones is 2. The summed E-state index contributed by atoms with van der Waals surface area (Å²) in [4.78, 5) is 22.5. The minimum Gasteiger partial charge on any atom is -0.290 e. The average Bonchev–Trinajstić information content (AvgIpc) is 2.08. The van der Waals surface area contributed by atoms with Gasteiger partial charge in [0.1, 0.15) is 0 Å². The van der Waals surface area contributed by atoms with Crippen molar-refractivity contribution in [2.75, 3.05) is 0 Å². The van der Waals surface area contributed by atoms with E-state index in [-0.39, 0.29) is 11.6 Å². The highest BCUT2D eigenvalue weighted by Gasteiger charge is 2.20. The molecule has 1 rings (SSSR count). The lowest BCUT2D eigenvalue weighted by Gasteiger charge is -2.10. The van der Waals surface area contributed by atoms with Gasteiger partial charge in [0.05, 0.1) is 0 Å². The topological polar surface area (TPSA) is 34.1 Å². The number of carbonyl (C=O) groups is 2. The molecule has 12 heavy (non-hydrogen) atoms. The number of carbonyl (C=O) groups excluding carboxylic acids is 2. The molecule has 0 saturated heterocycles. The van der Waals surface area contributed by atoms with Crippen LogP contribution in [0.15, 0.2) is 35.5 Å². The first-order chi connectivity index (χ1) is 5.57. The van der Waals surface area contributed by atoms with Crippen LogP contribution in [0.2, 0.25) is 0 Å². The lowest BCUT2D eigenvalue weighted by atomic mass is 9.91. The van der Waals surface area contributed by atoms with Crippen LogP contribution in [0.3, 0.4) is 0 Å². The molecule has 1 aliphatic carbocycles. The molecular formula is C10H10O2. The Morgan fingerprint density at radius 3 is 2.33 bits per heavy atom. The van der Waals surface area contributed by atoms with E-state index in [4.69, 9.17) is 0 Å². The Morgan fingerprint density at radius 2 is 1.83 bits per heavy atom. The lowest BCUT2D eigenvalue weighted by Crippen LogP contribution is -2.15. The Kier molecular flexibility index (Phi) is 2.09. The molecule has 0 aromatic rings. The number of Topliss-reactive ketones (excluding diaryl/α,β-unsaturated/α-hetero) is 1. The highest BCUT2D eigenvalue weighted by Crippen LogP contribution is 2.18. The van der Waals surface area contributed by atoms with E-state index >= 15 is 0 Å². The summed E-state index contributed by atoms with van der Waals surface area (Å²) >= 11 is 0. The van der Waals surface area contributed by atoms with Crippen LogP contribution in [0.5, 0.6) is 0 Å². The van der Waals surface area contributed by atoms with Crippen LogP contribution in [0.25, 0.3) is 0 Å². The second kappa shape index (κ2) is 2.89. The van der Waals surface area contributed by atoms with E-state index in [1.165, 1.54) is 12.2 Å². The van der Waals surface area contributed by atoms with Gasteiger partial charge < -0.3 is 0 Å². The first-order valence-electron chi connectivity index (χ1n) is 3.68. The summed E-state index contributed by atoms with van der Waals surface area (Å²) in [6, 6.07) is 0. The van der Waals surface area contributed by atoms with E-state index in [1.54, 1.807) is 13.8 Å². The van der Waals surface area contributed by atoms with Crippen molar-refractivity contribution in [1.82, 2.24) is 0 Å². The van der Waals surface area contributed by atoms with Crippen LogP contribution in [-0.4, -0.2) is 11.6 Å². The van der Waals surface area contributed by atoms with Gasteiger partial charge >= 0.3 is 0 Å². The molecule has 0 saturated carbocycles. The van der Waals surface area contributed by atoms with E-state index in [9.17, 15) is 9.59 Å². The largest absolute Gasteiger partial charge is 0.290 e. The van der Waals surface area contributed by atoms with Crippen molar-refractivity contribution in [2.45, 2.75) is 13.8 Å². The number of allylic oxidation sites excluding steroid dienone is 5. The highest BCUT2D eigenvalue weighted by atomic mass is 16.1. The van der Waals surface area contributed by atoms with Crippen molar-refractivity contribution in [3.8, 4) is 0 Å². The van der Waals surface area contributed by atoms with Gasteiger partial charge in [-0.3, -0.25) is 9.59 Å². The predicted molar refractivity (Wildman–Crippen MR) is 46.7 cm³/mol. The molecular weight excluding hydrogens is 152 g/mol. The van der Waals surface area contributed by atoms with Gasteiger partial charge in [0, 0.05) is 16.7 Å². The number of hydrogen-bond acceptors (Lipinski definition) is 2. The quantitative estimate of drug-likeness (QED) is 0.548. The molecule has 0 amide bonds. The van der Waals surface area contributed by atoms with Gasteiger partial charge in [-0.15, -0.1) is 0 Å². The smallest absolute Gasteiger partial charge is 0.189 e. The standard InChI is InChI=1S/C10H10O2/c1-4-8-5-9(11)6(2)7(3)10(8)12/h4-5H,1H2,2-3H3. The van der Waals surface area contributed by atoms with Crippen molar-refractivity contribution >= 4 is 11.6 Å². The van der Waals surface area contributed by atoms with Gasteiger partial charge in [-0.25, -0.2) is 0 Å². The molecule has 0 N–H and O–H groups in total. The maximum Gasteiger partial charge on any atom is 0.189 e. The Balaban J connectivity index is 3.21. The van der Waals surface area contributed by atoms with Crippen LogP contribution in [0.4, 0.5) is 0 Å². The van der Waals surface area contributed by atoms with Crippen molar-refractivity contribution in [3.63, 3.8) is 0 Å². The Morgan fingerprint density at radius 1 is 1.25 bits per heavy atom. The molecule has 0 aromatic heterocycles. The molecule has 2 nitrogen and oxygen atoms in total. The van der Waals surface area contributed by atoms with Crippen LogP contribution in [-0.2, 0) is 9.59 Å². The van der Waals surface area contributed by atoms with Crippen molar-refractivity contribution in [3.05, 3.63) is 35.5 Å². The molecule has 1 aliphatic rings. The summed E-state index contributed by atoms with van der Waals surface area (Å²) in [5.74, 6) is -0.191. The summed E-state index contributed by atoms with van der Waals surface area (Å²) in [5, 5.41) is 0. The van der Waals surface area contributed by atoms with Gasteiger partial charge in [-0.1, -0.05) is 12.7 Å². The van der Waals surface area contributed by atoms with Crippen LogP contribution in [0, 0.1) is 0 Å². The molecule has 0 heterocycles. The van der Waals surface area contributed by atoms with Crippen LogP contribution < -0.4 is 0 Å². The predicted octanol–water partition coefficient (Wildman–Crippen LogP) is 1.59. The van der Waals surface area contributed by atoms with Gasteiger partial charge in [-0.2, -0.15) is 0 Å². The minimum absolute atomic E-state index is 0.0953. The molecule has 0 fully saturated rings. The van der Waals surface area contributed by atoms with Gasteiger partial charge in [0.25, 0.3) is 0 Å². The van der Waals surface area contributed by atoms with Crippen LogP contribution in [0.1, 0.15) is 13.8 Å². The molecule has 0 atom stereocenters. The zero-order valence-electron chi connectivity index (χ0n) is 7.18. The molecule has 0 bridgehead atoms. The maximum absolute atomic E-state index is 11.4. The zero-order valence-corrected chi connectivity index (χ0v) is 7.18. The second-order valence-electron chi connectivity index (χ2n) is 2.75. The molecule has 0 aromatic carbocycles. The lowest BCUT2D eigenvalue weighted by molar-refractivity contribution is -0.115. The van der Waals surface area contributed by atoms with Gasteiger partial charge in [0.15, 0.2) is 11.6 Å². The van der Waals surface area contributed by atoms with Crippen LogP contribution >= 0.6 is 0 Å². The van der Waals surface area contributed by atoms with Crippen molar-refractivity contribution < 1.29 is 9.59 Å². The molecule has 0 unspecified atom stereocenters. The first-order valence-corrected chi connectivity index (χ1v) is 3.68. The fourth-order valence-electron chi connectivity index (χ4n) is 1.04. The second-order valence-corrected chi connectivity index (χ2v) is 2.75. The monoisotopic (exact) mass is 162 g/mol. The van der Waals surface area contributed by atoms with E-state index in [0.717, 1.165) is 0 Å². The molecule has 2 heteroatoms. The van der Waals surface area contributed by atoms with Crippen molar-refractivity contribution in [1.29, 1.82) is 0 Å². The first kappa shape index (κ1) is 8.65. The SMILES string of the molecule is C=CC1=CC(=O)C(C)=C(C)C1=O. The van der Waals surface area contributed by atoms with E-state index < -0.39 is 0 Å². The summed E-state index contributed by atoms with van der Waals surface area (Å²) in [6.07, 6.45) is 2.74. The number of rotatable bonds is 1. The summed E-state index contributed by atoms with van der Waals surface area (Å²) < 4.78 is 0. The zero-order chi connectivity index (χ0) is 9.30. The van der Waals surface area contributed by atoms with Crippen molar-refractivity contribution in [2.24, 2.45) is 0 Å². The van der Waals surface area contributed by atoms with E-state index in [0.29, 0.717) is 16.7 Å². The minimum atomic E-state index is -0.0954. The van der Waals surface area contributed by atoms with E-state index in [1.807, 2.05) is 0 Å². The third kappa shape index (κ3) is 1.16. The average molecular weight is 162 g/mol. The van der Waals surface area contributed by atoms with Gasteiger partial charge in [0.2, 0.25) is 0 Å². The summed E-state index contributed by atoms with van der Waals surface area (Å²) in [7, 11) is 0. The summed E-state index contributed by atoms with van der Waals surface area (Å²) in [6.45, 7) is 6.78.